The molecule has 2 atom stereocenters. The van der Waals surface area contributed by atoms with Crippen molar-refractivity contribution in [3.63, 3.8) is 0 Å². The highest BCUT2D eigenvalue weighted by Crippen LogP contribution is 2.22. The number of hydrogen-bond donors (Lipinski definition) is 2. The Morgan fingerprint density at radius 2 is 2.11 bits per heavy atom. The molecular formula is C12H22N2O5. The molecule has 1 saturated heterocycles. The molecule has 1 aliphatic rings. The lowest BCUT2D eigenvalue weighted by Gasteiger charge is -2.29. The second-order valence-corrected chi connectivity index (χ2v) is 4.59. The van der Waals surface area contributed by atoms with E-state index in [-0.39, 0.29) is 31.8 Å². The maximum atomic E-state index is 12.3. The van der Waals surface area contributed by atoms with Gasteiger partial charge < -0.3 is 24.7 Å². The Morgan fingerprint density at radius 1 is 1.42 bits per heavy atom. The van der Waals surface area contributed by atoms with Gasteiger partial charge in [-0.25, -0.2) is 9.59 Å². The van der Waals surface area contributed by atoms with Crippen LogP contribution in [0, 0.1) is 0 Å². The number of methoxy groups -OCH3 is 1. The molecule has 0 aliphatic carbocycles. The number of carbonyl (C=O) groups excluding carboxylic acids is 1. The fourth-order valence-corrected chi connectivity index (χ4v) is 2.29. The Labute approximate surface area is 112 Å². The van der Waals surface area contributed by atoms with E-state index in [1.165, 1.54) is 16.9 Å². The van der Waals surface area contributed by atoms with Gasteiger partial charge in [-0.05, 0) is 6.42 Å². The first-order valence-electron chi connectivity index (χ1n) is 6.47. The van der Waals surface area contributed by atoms with Crippen molar-refractivity contribution in [2.75, 3.05) is 33.4 Å². The van der Waals surface area contributed by atoms with Gasteiger partial charge in [0.25, 0.3) is 0 Å². The minimum absolute atomic E-state index is 0.134. The molecule has 0 aromatic rings. The number of carboxylic acids is 1. The molecule has 7 nitrogen and oxygen atoms in total. The number of urea groups is 1. The number of carboxylic acid groups (broad SMARTS) is 1. The summed E-state index contributed by atoms with van der Waals surface area (Å²) in [5.41, 5.74) is 0. The van der Waals surface area contributed by atoms with E-state index in [1.807, 2.05) is 6.92 Å². The summed E-state index contributed by atoms with van der Waals surface area (Å²) in [6, 6.07) is -1.20. The number of aliphatic carboxylic acids is 1. The van der Waals surface area contributed by atoms with Crippen LogP contribution in [0.5, 0.6) is 0 Å². The number of aliphatic hydroxyl groups excluding tert-OH is 1. The van der Waals surface area contributed by atoms with Gasteiger partial charge in [0.1, 0.15) is 6.04 Å². The van der Waals surface area contributed by atoms with Crippen LogP contribution in [0.15, 0.2) is 0 Å². The molecule has 1 fully saturated rings. The summed E-state index contributed by atoms with van der Waals surface area (Å²) in [5, 5.41) is 18.1. The molecule has 1 rings (SSSR count). The van der Waals surface area contributed by atoms with Crippen molar-refractivity contribution in [3.05, 3.63) is 0 Å². The molecule has 0 aromatic heterocycles. The molecule has 2 N–H and O–H groups in total. The normalized spacial score (nSPS) is 22.6. The van der Waals surface area contributed by atoms with Crippen molar-refractivity contribution >= 4 is 12.0 Å². The van der Waals surface area contributed by atoms with Gasteiger partial charge in [0.05, 0.1) is 12.7 Å². The molecule has 0 saturated carbocycles. The zero-order valence-electron chi connectivity index (χ0n) is 11.4. The lowest BCUT2D eigenvalue weighted by molar-refractivity contribution is -0.141. The summed E-state index contributed by atoms with van der Waals surface area (Å²) < 4.78 is 5.15. The minimum atomic E-state index is -1.02. The van der Waals surface area contributed by atoms with E-state index in [9.17, 15) is 14.7 Å². The first kappa shape index (κ1) is 15.7. The van der Waals surface area contributed by atoms with Crippen molar-refractivity contribution in [2.45, 2.75) is 31.9 Å². The average Bonchev–Trinajstić information content (AvgIpc) is 2.82. The number of rotatable bonds is 6. The van der Waals surface area contributed by atoms with Crippen LogP contribution in [-0.2, 0) is 9.53 Å². The fraction of sp³-hybridized carbons (Fsp3) is 0.833. The Hall–Kier alpha value is -1.34. The van der Waals surface area contributed by atoms with E-state index in [2.05, 4.69) is 0 Å². The van der Waals surface area contributed by atoms with Crippen molar-refractivity contribution < 1.29 is 24.5 Å². The molecule has 19 heavy (non-hydrogen) atoms. The van der Waals surface area contributed by atoms with Crippen LogP contribution in [0.3, 0.4) is 0 Å². The van der Waals surface area contributed by atoms with Gasteiger partial charge in [-0.2, -0.15) is 0 Å². The first-order valence-corrected chi connectivity index (χ1v) is 6.47. The van der Waals surface area contributed by atoms with E-state index < -0.39 is 12.0 Å². The Morgan fingerprint density at radius 3 is 2.58 bits per heavy atom. The summed E-state index contributed by atoms with van der Waals surface area (Å²) in [7, 11) is 1.51. The standard InChI is InChI=1S/C12H22N2O5/c1-3-4-13(5-6-15)12(18)14-8-9(19-2)7-10(14)11(16)17/h9-10,15H,3-8H2,1-2H3,(H,16,17). The summed E-state index contributed by atoms with van der Waals surface area (Å²) in [4.78, 5) is 26.3. The maximum Gasteiger partial charge on any atom is 0.326 e. The van der Waals surface area contributed by atoms with Crippen molar-refractivity contribution in [1.82, 2.24) is 9.80 Å². The second kappa shape index (κ2) is 7.30. The molecular weight excluding hydrogens is 252 g/mol. The van der Waals surface area contributed by atoms with Crippen LogP contribution in [0.25, 0.3) is 0 Å². The van der Waals surface area contributed by atoms with Crippen molar-refractivity contribution in [1.29, 1.82) is 0 Å². The first-order chi connectivity index (χ1) is 9.04. The molecule has 0 bridgehead atoms. The van der Waals surface area contributed by atoms with E-state index in [4.69, 9.17) is 9.84 Å². The maximum absolute atomic E-state index is 12.3. The Balaban J connectivity index is 2.79. The third-order valence-corrected chi connectivity index (χ3v) is 3.26. The highest BCUT2D eigenvalue weighted by molar-refractivity contribution is 5.83. The Bertz CT molecular complexity index is 317. The van der Waals surface area contributed by atoms with E-state index in [0.29, 0.717) is 13.0 Å². The average molecular weight is 274 g/mol. The van der Waals surface area contributed by atoms with E-state index in [0.717, 1.165) is 6.42 Å². The fourth-order valence-electron chi connectivity index (χ4n) is 2.29. The lowest BCUT2D eigenvalue weighted by atomic mass is 10.2. The van der Waals surface area contributed by atoms with E-state index in [1.54, 1.807) is 0 Å². The van der Waals surface area contributed by atoms with Crippen LogP contribution in [0.2, 0.25) is 0 Å². The summed E-state index contributed by atoms with van der Waals surface area (Å²) in [6.45, 7) is 2.78. The number of likely N-dealkylation sites (tertiary alicyclic amines) is 1. The van der Waals surface area contributed by atoms with Gasteiger partial charge in [0, 0.05) is 33.2 Å². The monoisotopic (exact) mass is 274 g/mol. The Kier molecular flexibility index (Phi) is 6.04. The van der Waals surface area contributed by atoms with Gasteiger partial charge in [-0.3, -0.25) is 0 Å². The SMILES string of the molecule is CCCN(CCO)C(=O)N1CC(OC)CC1C(=O)O. The third kappa shape index (κ3) is 3.81. The van der Waals surface area contributed by atoms with Crippen LogP contribution >= 0.6 is 0 Å². The minimum Gasteiger partial charge on any atom is -0.480 e. The molecule has 0 spiro atoms. The lowest BCUT2D eigenvalue weighted by Crippen LogP contribution is -2.49. The molecule has 0 radical (unpaired) electrons. The van der Waals surface area contributed by atoms with Gasteiger partial charge in [0.15, 0.2) is 0 Å². The van der Waals surface area contributed by atoms with Crippen LogP contribution < -0.4 is 0 Å². The molecule has 110 valence electrons. The number of ether oxygens (including phenoxy) is 1. The smallest absolute Gasteiger partial charge is 0.326 e. The summed E-state index contributed by atoms with van der Waals surface area (Å²) in [5.74, 6) is -1.02. The van der Waals surface area contributed by atoms with Gasteiger partial charge in [-0.15, -0.1) is 0 Å². The van der Waals surface area contributed by atoms with Gasteiger partial charge in [-0.1, -0.05) is 6.92 Å². The topological polar surface area (TPSA) is 90.3 Å². The van der Waals surface area contributed by atoms with Crippen LogP contribution in [0.4, 0.5) is 4.79 Å². The number of hydrogen-bond acceptors (Lipinski definition) is 4. The van der Waals surface area contributed by atoms with Crippen LogP contribution in [-0.4, -0.2) is 77.5 Å². The highest BCUT2D eigenvalue weighted by atomic mass is 16.5. The largest absolute Gasteiger partial charge is 0.480 e. The molecule has 1 aliphatic heterocycles. The summed E-state index contributed by atoms with van der Waals surface area (Å²) in [6.07, 6.45) is 0.810. The van der Waals surface area contributed by atoms with Crippen molar-refractivity contribution in [3.8, 4) is 0 Å². The third-order valence-electron chi connectivity index (χ3n) is 3.26. The van der Waals surface area contributed by atoms with Crippen LogP contribution in [0.1, 0.15) is 19.8 Å². The highest BCUT2D eigenvalue weighted by Gasteiger charge is 2.41. The van der Waals surface area contributed by atoms with Crippen molar-refractivity contribution in [2.24, 2.45) is 0 Å². The number of aliphatic hydroxyl groups is 1. The molecule has 1 heterocycles. The molecule has 2 amide bonds. The number of amides is 2. The summed E-state index contributed by atoms with van der Waals surface area (Å²) >= 11 is 0. The van der Waals surface area contributed by atoms with E-state index >= 15 is 0 Å². The zero-order valence-corrected chi connectivity index (χ0v) is 11.4. The predicted octanol–water partition coefficient (Wildman–Crippen LogP) is -0.0154. The second-order valence-electron chi connectivity index (χ2n) is 4.59. The van der Waals surface area contributed by atoms with Gasteiger partial charge in [0.2, 0.25) is 0 Å². The molecule has 2 unspecified atom stereocenters. The number of nitrogens with zero attached hydrogens (tertiary/aromatic N) is 2. The molecule has 0 aromatic carbocycles. The zero-order chi connectivity index (χ0) is 14.4. The number of carbonyl (C=O) groups is 2. The van der Waals surface area contributed by atoms with Gasteiger partial charge >= 0.3 is 12.0 Å². The quantitative estimate of drug-likeness (QED) is 0.710. The molecule has 7 heteroatoms. The predicted molar refractivity (Wildman–Crippen MR) is 67.9 cm³/mol.